The molecule has 0 aromatic heterocycles. The summed E-state index contributed by atoms with van der Waals surface area (Å²) in [5.74, 6) is -3.20. The number of halogens is 3. The Morgan fingerprint density at radius 2 is 1.80 bits per heavy atom. The van der Waals surface area contributed by atoms with Crippen LogP contribution >= 0.6 is 0 Å². The highest BCUT2D eigenvalue weighted by Crippen LogP contribution is 2.25. The highest BCUT2D eigenvalue weighted by atomic mass is 19.4. The van der Waals surface area contributed by atoms with Crippen molar-refractivity contribution in [1.82, 2.24) is 10.6 Å². The van der Waals surface area contributed by atoms with Crippen LogP contribution in [-0.2, 0) is 14.4 Å². The summed E-state index contributed by atoms with van der Waals surface area (Å²) in [6, 6.07) is -0.348. The first-order valence-corrected chi connectivity index (χ1v) is 6.03. The van der Waals surface area contributed by atoms with Crippen LogP contribution in [0.3, 0.4) is 0 Å². The highest BCUT2D eigenvalue weighted by Gasteiger charge is 2.31. The number of carboxylic acid groups (broad SMARTS) is 1. The number of aliphatic carboxylic acids is 1. The first kappa shape index (κ1) is 16.3. The fraction of sp³-hybridized carbons (Fsp3) is 0.727. The zero-order chi connectivity index (χ0) is 15.3. The van der Waals surface area contributed by atoms with Gasteiger partial charge in [0, 0.05) is 6.04 Å². The summed E-state index contributed by atoms with van der Waals surface area (Å²) in [5.41, 5.74) is 0. The van der Waals surface area contributed by atoms with Crippen LogP contribution in [0.2, 0.25) is 0 Å². The Bertz CT molecular complexity index is 398. The van der Waals surface area contributed by atoms with Gasteiger partial charge < -0.3 is 15.7 Å². The molecule has 2 atom stereocenters. The topological polar surface area (TPSA) is 95.5 Å². The Kier molecular flexibility index (Phi) is 5.34. The summed E-state index contributed by atoms with van der Waals surface area (Å²) < 4.78 is 35.5. The lowest BCUT2D eigenvalue weighted by molar-refractivity contribution is -0.142. The molecule has 20 heavy (non-hydrogen) atoms. The van der Waals surface area contributed by atoms with Crippen molar-refractivity contribution in [2.75, 3.05) is 6.54 Å². The molecule has 0 aromatic rings. The summed E-state index contributed by atoms with van der Waals surface area (Å²) in [5, 5.41) is 12.8. The van der Waals surface area contributed by atoms with E-state index in [9.17, 15) is 27.6 Å². The van der Waals surface area contributed by atoms with E-state index in [2.05, 4.69) is 5.32 Å². The zero-order valence-corrected chi connectivity index (χ0v) is 10.5. The maximum Gasteiger partial charge on any atom is 0.405 e. The maximum atomic E-state index is 11.8. The van der Waals surface area contributed by atoms with E-state index in [0.29, 0.717) is 12.8 Å². The molecule has 9 heteroatoms. The third kappa shape index (κ3) is 5.89. The smallest absolute Gasteiger partial charge is 0.405 e. The molecule has 0 unspecified atom stereocenters. The van der Waals surface area contributed by atoms with Crippen LogP contribution in [0.15, 0.2) is 0 Å². The molecule has 1 fully saturated rings. The molecule has 0 spiro atoms. The summed E-state index contributed by atoms with van der Waals surface area (Å²) in [6.07, 6.45) is -4.05. The minimum absolute atomic E-state index is 0.269. The second kappa shape index (κ2) is 6.58. The third-order valence-corrected chi connectivity index (χ3v) is 2.95. The molecule has 0 heterocycles. The van der Waals surface area contributed by atoms with Gasteiger partial charge in [-0.15, -0.1) is 0 Å². The number of rotatable bonds is 5. The Balaban J connectivity index is 2.27. The van der Waals surface area contributed by atoms with E-state index in [1.165, 1.54) is 0 Å². The van der Waals surface area contributed by atoms with Gasteiger partial charge in [-0.05, 0) is 19.3 Å². The average Bonchev–Trinajstić information content (AvgIpc) is 2.74. The summed E-state index contributed by atoms with van der Waals surface area (Å²) >= 11 is 0. The molecule has 3 N–H and O–H groups in total. The number of alkyl halides is 3. The van der Waals surface area contributed by atoms with E-state index >= 15 is 0 Å². The lowest BCUT2D eigenvalue weighted by Gasteiger charge is -2.13. The van der Waals surface area contributed by atoms with Gasteiger partial charge in [-0.25, -0.2) is 0 Å². The molecule has 0 aromatic carbocycles. The Hall–Kier alpha value is -1.80. The lowest BCUT2D eigenvalue weighted by Crippen LogP contribution is -2.39. The van der Waals surface area contributed by atoms with E-state index in [-0.39, 0.29) is 12.5 Å². The van der Waals surface area contributed by atoms with Crippen molar-refractivity contribution in [2.45, 2.75) is 37.9 Å². The number of carbonyl (C=O) groups excluding carboxylic acids is 2. The SMILES string of the molecule is O=C(CC(=O)N[C@@H]1CC[C@H](C(=O)O)C1)NCC(F)(F)F. The number of carbonyl (C=O) groups is 3. The van der Waals surface area contributed by atoms with Crippen LogP contribution in [0, 0.1) is 5.92 Å². The van der Waals surface area contributed by atoms with Crippen LogP contribution in [0.25, 0.3) is 0 Å². The van der Waals surface area contributed by atoms with Crippen LogP contribution in [-0.4, -0.2) is 41.7 Å². The van der Waals surface area contributed by atoms with Crippen molar-refractivity contribution in [3.8, 4) is 0 Å². The predicted molar refractivity (Wildman–Crippen MR) is 60.6 cm³/mol. The molecule has 0 aliphatic heterocycles. The van der Waals surface area contributed by atoms with Crippen molar-refractivity contribution < 1.29 is 32.7 Å². The van der Waals surface area contributed by atoms with E-state index < -0.39 is 42.8 Å². The van der Waals surface area contributed by atoms with Gasteiger partial charge in [0.1, 0.15) is 13.0 Å². The van der Waals surface area contributed by atoms with Crippen LogP contribution < -0.4 is 10.6 Å². The first-order chi connectivity index (χ1) is 9.17. The van der Waals surface area contributed by atoms with Gasteiger partial charge in [-0.3, -0.25) is 14.4 Å². The second-order valence-corrected chi connectivity index (χ2v) is 4.68. The van der Waals surface area contributed by atoms with Crippen molar-refractivity contribution in [3.05, 3.63) is 0 Å². The standard InChI is InChI=1S/C11H15F3N2O4/c12-11(13,14)5-15-8(17)4-9(18)16-7-2-1-6(3-7)10(19)20/h6-7H,1-5H2,(H,15,17)(H,16,18)(H,19,20)/t6-,7+/m0/s1. The fourth-order valence-corrected chi connectivity index (χ4v) is 2.02. The molecule has 1 aliphatic rings. The zero-order valence-electron chi connectivity index (χ0n) is 10.5. The maximum absolute atomic E-state index is 11.8. The van der Waals surface area contributed by atoms with Crippen molar-refractivity contribution in [2.24, 2.45) is 5.92 Å². The van der Waals surface area contributed by atoms with Gasteiger partial charge >= 0.3 is 12.1 Å². The third-order valence-electron chi connectivity index (χ3n) is 2.95. The quantitative estimate of drug-likeness (QED) is 0.641. The molecule has 6 nitrogen and oxygen atoms in total. The summed E-state index contributed by atoms with van der Waals surface area (Å²) in [4.78, 5) is 33.2. The molecule has 1 rings (SSSR count). The number of hydrogen-bond donors (Lipinski definition) is 3. The molecule has 0 saturated heterocycles. The summed E-state index contributed by atoms with van der Waals surface area (Å²) in [7, 11) is 0. The molecule has 0 bridgehead atoms. The molecule has 1 aliphatic carbocycles. The first-order valence-electron chi connectivity index (χ1n) is 6.03. The van der Waals surface area contributed by atoms with Gasteiger partial charge in [0.05, 0.1) is 5.92 Å². The molecular formula is C11H15F3N2O4. The van der Waals surface area contributed by atoms with Crippen molar-refractivity contribution in [1.29, 1.82) is 0 Å². The molecule has 114 valence electrons. The van der Waals surface area contributed by atoms with Gasteiger partial charge in [0.25, 0.3) is 0 Å². The van der Waals surface area contributed by atoms with Crippen LogP contribution in [0.4, 0.5) is 13.2 Å². The van der Waals surface area contributed by atoms with E-state index in [1.807, 2.05) is 0 Å². The summed E-state index contributed by atoms with van der Waals surface area (Å²) in [6.45, 7) is -1.48. The van der Waals surface area contributed by atoms with E-state index in [4.69, 9.17) is 5.11 Å². The number of carboxylic acids is 1. The van der Waals surface area contributed by atoms with E-state index in [1.54, 1.807) is 5.32 Å². The lowest BCUT2D eigenvalue weighted by atomic mass is 10.1. The monoisotopic (exact) mass is 296 g/mol. The normalized spacial score (nSPS) is 22.4. The van der Waals surface area contributed by atoms with Crippen LogP contribution in [0.1, 0.15) is 25.7 Å². The second-order valence-electron chi connectivity index (χ2n) is 4.68. The van der Waals surface area contributed by atoms with Crippen molar-refractivity contribution >= 4 is 17.8 Å². The van der Waals surface area contributed by atoms with Gasteiger partial charge in [0.2, 0.25) is 11.8 Å². The highest BCUT2D eigenvalue weighted by molar-refractivity contribution is 5.97. The number of amides is 2. The minimum atomic E-state index is -4.52. The van der Waals surface area contributed by atoms with E-state index in [0.717, 1.165) is 0 Å². The number of nitrogens with one attached hydrogen (secondary N) is 2. The Morgan fingerprint density at radius 1 is 1.15 bits per heavy atom. The molecule has 2 amide bonds. The minimum Gasteiger partial charge on any atom is -0.481 e. The predicted octanol–water partition coefficient (Wildman–Crippen LogP) is 0.424. The Morgan fingerprint density at radius 3 is 2.30 bits per heavy atom. The van der Waals surface area contributed by atoms with Gasteiger partial charge in [-0.1, -0.05) is 0 Å². The van der Waals surface area contributed by atoms with Gasteiger partial charge in [0.15, 0.2) is 0 Å². The molecule has 1 saturated carbocycles. The largest absolute Gasteiger partial charge is 0.481 e. The molecule has 0 radical (unpaired) electrons. The Labute approximate surface area is 112 Å². The fourth-order valence-electron chi connectivity index (χ4n) is 2.02. The number of hydrogen-bond acceptors (Lipinski definition) is 3. The molecular weight excluding hydrogens is 281 g/mol. The van der Waals surface area contributed by atoms with Crippen LogP contribution in [0.5, 0.6) is 0 Å². The average molecular weight is 296 g/mol. The van der Waals surface area contributed by atoms with Gasteiger partial charge in [-0.2, -0.15) is 13.2 Å². The van der Waals surface area contributed by atoms with Crippen molar-refractivity contribution in [3.63, 3.8) is 0 Å².